The summed E-state index contributed by atoms with van der Waals surface area (Å²) in [6.07, 6.45) is 0. The van der Waals surface area contributed by atoms with E-state index in [-0.39, 0.29) is 10.8 Å². The molecular formula is C10H13N5OS. The summed E-state index contributed by atoms with van der Waals surface area (Å²) in [4.78, 5) is 18.5. The molecule has 7 heteroatoms. The highest BCUT2D eigenvalue weighted by molar-refractivity contribution is 7.80. The van der Waals surface area contributed by atoms with E-state index in [2.05, 4.69) is 15.3 Å². The third-order valence-electron chi connectivity index (χ3n) is 2.37. The number of hydrogen-bond donors (Lipinski definition) is 4. The van der Waals surface area contributed by atoms with Crippen LogP contribution in [-0.4, -0.2) is 29.2 Å². The lowest BCUT2D eigenvalue weighted by atomic mass is 10.2. The van der Waals surface area contributed by atoms with E-state index in [1.165, 1.54) is 0 Å². The van der Waals surface area contributed by atoms with Crippen LogP contribution >= 0.6 is 12.2 Å². The predicted octanol–water partition coefficient (Wildman–Crippen LogP) is 0.578. The van der Waals surface area contributed by atoms with Crippen molar-refractivity contribution in [2.45, 2.75) is 0 Å². The van der Waals surface area contributed by atoms with Gasteiger partial charge in [0.25, 0.3) is 0 Å². The maximum atomic E-state index is 11.2. The van der Waals surface area contributed by atoms with E-state index in [4.69, 9.17) is 18.0 Å². The molecule has 5 N–H and O–H groups in total. The normalized spacial score (nSPS) is 10.5. The molecule has 0 radical (unpaired) electrons. The SMILES string of the molecule is CN(C)c1cc2[nH]c(=O)[nH]c2cc1NC(N)=S. The van der Waals surface area contributed by atoms with E-state index in [0.29, 0.717) is 5.52 Å². The molecule has 0 amide bonds. The Morgan fingerprint density at radius 1 is 1.35 bits per heavy atom. The Balaban J connectivity index is 2.65. The fourth-order valence-corrected chi connectivity index (χ4v) is 1.78. The number of nitrogens with one attached hydrogen (secondary N) is 3. The maximum Gasteiger partial charge on any atom is 0.323 e. The summed E-state index contributed by atoms with van der Waals surface area (Å²) < 4.78 is 0. The minimum Gasteiger partial charge on any atom is -0.376 e. The van der Waals surface area contributed by atoms with Crippen molar-refractivity contribution >= 4 is 39.7 Å². The number of aromatic nitrogens is 2. The molecule has 17 heavy (non-hydrogen) atoms. The molecule has 1 aromatic heterocycles. The number of fused-ring (bicyclic) bond motifs is 1. The van der Waals surface area contributed by atoms with Crippen LogP contribution in [0.15, 0.2) is 16.9 Å². The Morgan fingerprint density at radius 2 is 1.94 bits per heavy atom. The number of hydrogen-bond acceptors (Lipinski definition) is 3. The van der Waals surface area contributed by atoms with Crippen molar-refractivity contribution in [2.24, 2.45) is 5.73 Å². The van der Waals surface area contributed by atoms with Gasteiger partial charge in [-0.3, -0.25) is 0 Å². The molecule has 2 aromatic rings. The van der Waals surface area contributed by atoms with Gasteiger partial charge in [0.1, 0.15) is 0 Å². The van der Waals surface area contributed by atoms with Crippen LogP contribution in [0, 0.1) is 0 Å². The van der Waals surface area contributed by atoms with Crippen molar-refractivity contribution < 1.29 is 0 Å². The van der Waals surface area contributed by atoms with Gasteiger partial charge in [0, 0.05) is 14.1 Å². The molecule has 1 heterocycles. The lowest BCUT2D eigenvalue weighted by Gasteiger charge is -2.18. The fourth-order valence-electron chi connectivity index (χ4n) is 1.67. The molecule has 2 rings (SSSR count). The Bertz CT molecular complexity index is 627. The zero-order valence-electron chi connectivity index (χ0n) is 9.50. The number of imidazole rings is 1. The topological polar surface area (TPSA) is 89.9 Å². The highest BCUT2D eigenvalue weighted by Gasteiger charge is 2.09. The average Bonchev–Trinajstić information content (AvgIpc) is 2.54. The van der Waals surface area contributed by atoms with Crippen LogP contribution in [0.3, 0.4) is 0 Å². The lowest BCUT2D eigenvalue weighted by molar-refractivity contribution is 1.13. The second-order valence-corrected chi connectivity index (χ2v) is 4.32. The number of rotatable bonds is 2. The van der Waals surface area contributed by atoms with Crippen molar-refractivity contribution in [1.82, 2.24) is 9.97 Å². The van der Waals surface area contributed by atoms with Crippen molar-refractivity contribution in [1.29, 1.82) is 0 Å². The minimum absolute atomic E-state index is 0.185. The lowest BCUT2D eigenvalue weighted by Crippen LogP contribution is -2.21. The first-order valence-corrected chi connectivity index (χ1v) is 5.38. The Hall–Kier alpha value is -2.02. The van der Waals surface area contributed by atoms with Crippen molar-refractivity contribution in [3.05, 3.63) is 22.6 Å². The van der Waals surface area contributed by atoms with Gasteiger partial charge in [0.05, 0.1) is 22.4 Å². The number of benzene rings is 1. The maximum absolute atomic E-state index is 11.2. The molecule has 0 aliphatic heterocycles. The number of H-pyrrole nitrogens is 2. The number of anilines is 2. The first-order chi connectivity index (χ1) is 7.97. The Labute approximate surface area is 103 Å². The van der Waals surface area contributed by atoms with Crippen LogP contribution in [0.5, 0.6) is 0 Å². The molecule has 0 atom stereocenters. The van der Waals surface area contributed by atoms with E-state index in [0.717, 1.165) is 16.9 Å². The number of thiocarbonyl (C=S) groups is 1. The molecule has 6 nitrogen and oxygen atoms in total. The van der Waals surface area contributed by atoms with Crippen molar-refractivity contribution in [3.8, 4) is 0 Å². The molecule has 0 saturated heterocycles. The summed E-state index contributed by atoms with van der Waals surface area (Å²) in [6, 6.07) is 3.65. The van der Waals surface area contributed by atoms with E-state index < -0.39 is 0 Å². The quantitative estimate of drug-likeness (QED) is 0.586. The van der Waals surface area contributed by atoms with Gasteiger partial charge in [-0.05, 0) is 24.4 Å². The van der Waals surface area contributed by atoms with Crippen LogP contribution < -0.4 is 21.6 Å². The van der Waals surface area contributed by atoms with Gasteiger partial charge in [-0.15, -0.1) is 0 Å². The number of aromatic amines is 2. The van der Waals surface area contributed by atoms with Gasteiger partial charge in [0.15, 0.2) is 5.11 Å². The van der Waals surface area contributed by atoms with Gasteiger partial charge in [-0.2, -0.15) is 0 Å². The summed E-state index contributed by atoms with van der Waals surface area (Å²) in [6.45, 7) is 0. The molecule has 0 aliphatic carbocycles. The summed E-state index contributed by atoms with van der Waals surface area (Å²) in [5, 5.41) is 3.07. The molecule has 0 unspecified atom stereocenters. The van der Waals surface area contributed by atoms with E-state index in [1.807, 2.05) is 25.1 Å². The monoisotopic (exact) mass is 251 g/mol. The molecule has 0 bridgehead atoms. The van der Waals surface area contributed by atoms with Gasteiger partial charge < -0.3 is 25.9 Å². The summed E-state index contributed by atoms with van der Waals surface area (Å²) in [7, 11) is 3.80. The standard InChI is InChI=1S/C10H13N5OS/c1-15(2)8-4-6-5(13-10(16)14-6)3-7(8)12-9(11)17/h3-4H,1-2H3,(H3,11,12,17)(H2,13,14,16). The Morgan fingerprint density at radius 3 is 2.47 bits per heavy atom. The average molecular weight is 251 g/mol. The number of nitrogens with zero attached hydrogens (tertiary/aromatic N) is 1. The van der Waals surface area contributed by atoms with E-state index in [1.54, 1.807) is 6.07 Å². The molecule has 1 aromatic carbocycles. The van der Waals surface area contributed by atoms with Crippen LogP contribution in [0.4, 0.5) is 11.4 Å². The molecular weight excluding hydrogens is 238 g/mol. The third-order valence-corrected chi connectivity index (χ3v) is 2.47. The fraction of sp³-hybridized carbons (Fsp3) is 0.200. The molecule has 90 valence electrons. The molecule has 0 aliphatic rings. The first-order valence-electron chi connectivity index (χ1n) is 4.97. The van der Waals surface area contributed by atoms with Crippen LogP contribution in [-0.2, 0) is 0 Å². The van der Waals surface area contributed by atoms with Crippen molar-refractivity contribution in [2.75, 3.05) is 24.3 Å². The minimum atomic E-state index is -0.239. The highest BCUT2D eigenvalue weighted by atomic mass is 32.1. The third kappa shape index (κ3) is 2.23. The van der Waals surface area contributed by atoms with Gasteiger partial charge in [-0.1, -0.05) is 0 Å². The van der Waals surface area contributed by atoms with Gasteiger partial charge in [-0.25, -0.2) is 4.79 Å². The van der Waals surface area contributed by atoms with Gasteiger partial charge in [0.2, 0.25) is 0 Å². The molecule has 0 saturated carbocycles. The summed E-state index contributed by atoms with van der Waals surface area (Å²) in [5.74, 6) is 0. The van der Waals surface area contributed by atoms with Crippen LogP contribution in [0.25, 0.3) is 11.0 Å². The summed E-state index contributed by atoms with van der Waals surface area (Å²) in [5.41, 5.74) is 8.32. The van der Waals surface area contributed by atoms with Crippen LogP contribution in [0.1, 0.15) is 0 Å². The predicted molar refractivity (Wildman–Crippen MR) is 73.7 cm³/mol. The zero-order chi connectivity index (χ0) is 12.6. The second-order valence-electron chi connectivity index (χ2n) is 3.88. The molecule has 0 fully saturated rings. The van der Waals surface area contributed by atoms with E-state index >= 15 is 0 Å². The molecule has 0 spiro atoms. The highest BCUT2D eigenvalue weighted by Crippen LogP contribution is 2.28. The van der Waals surface area contributed by atoms with Crippen LogP contribution in [0.2, 0.25) is 0 Å². The summed E-state index contributed by atoms with van der Waals surface area (Å²) >= 11 is 4.82. The number of nitrogens with two attached hydrogens (primary N) is 1. The first kappa shape index (κ1) is 11.5. The second kappa shape index (κ2) is 4.10. The largest absolute Gasteiger partial charge is 0.376 e. The smallest absolute Gasteiger partial charge is 0.323 e. The van der Waals surface area contributed by atoms with Gasteiger partial charge >= 0.3 is 5.69 Å². The van der Waals surface area contributed by atoms with Crippen molar-refractivity contribution in [3.63, 3.8) is 0 Å². The zero-order valence-corrected chi connectivity index (χ0v) is 10.3. The Kier molecular flexibility index (Phi) is 2.76. The van der Waals surface area contributed by atoms with E-state index in [9.17, 15) is 4.79 Å².